The van der Waals surface area contributed by atoms with E-state index in [2.05, 4.69) is 0 Å². The van der Waals surface area contributed by atoms with Crippen LogP contribution in [0.1, 0.15) is 40.8 Å². The van der Waals surface area contributed by atoms with Crippen LogP contribution < -0.4 is 9.47 Å². The molecule has 0 unspecified atom stereocenters. The minimum absolute atomic E-state index is 0.453. The molecular weight excluding hydrogens is 400 g/mol. The molecule has 5 atom stereocenters. The molecule has 0 radical (unpaired) electrons. The molecule has 1 saturated heterocycles. The van der Waals surface area contributed by atoms with Crippen molar-refractivity contribution in [2.24, 2.45) is 0 Å². The Hall–Kier alpha value is -2.16. The number of ether oxygens (including phenoxy) is 3. The molecule has 1 fully saturated rings. The van der Waals surface area contributed by atoms with Crippen LogP contribution in [-0.4, -0.2) is 64.7 Å². The Morgan fingerprint density at radius 3 is 2.48 bits per heavy atom. The molecule has 0 amide bonds. The zero-order valence-corrected chi connectivity index (χ0v) is 17.8. The van der Waals surface area contributed by atoms with E-state index in [0.29, 0.717) is 26.1 Å². The van der Waals surface area contributed by atoms with Gasteiger partial charge in [-0.15, -0.1) is 0 Å². The monoisotopic (exact) mass is 430 g/mol. The molecule has 7 nitrogen and oxygen atoms in total. The van der Waals surface area contributed by atoms with E-state index in [0.717, 1.165) is 39.3 Å². The molecule has 0 aromatic heterocycles. The predicted octanol–water partition coefficient (Wildman–Crippen LogP) is 1.43. The molecule has 2 aliphatic heterocycles. The lowest BCUT2D eigenvalue weighted by Crippen LogP contribution is -2.55. The Balaban J connectivity index is 1.70. The molecule has 7 heteroatoms. The van der Waals surface area contributed by atoms with Crippen molar-refractivity contribution < 1.29 is 34.6 Å². The Labute approximate surface area is 181 Å². The van der Waals surface area contributed by atoms with Crippen molar-refractivity contribution in [2.75, 3.05) is 19.8 Å². The fourth-order valence-electron chi connectivity index (χ4n) is 4.48. The molecule has 2 aromatic rings. The SMILES string of the molecule is CCOc1ccc(Cc2cc([C@@H]3O[C@H](CO)[C@@H](O)[C@H](O)[C@H]3O)c3c(c2C)OCC3)cc1. The van der Waals surface area contributed by atoms with Crippen molar-refractivity contribution in [1.29, 1.82) is 0 Å². The zero-order valence-electron chi connectivity index (χ0n) is 17.8. The fraction of sp³-hybridized carbons (Fsp3) is 0.500. The largest absolute Gasteiger partial charge is 0.494 e. The van der Waals surface area contributed by atoms with Crippen LogP contribution in [0.25, 0.3) is 0 Å². The molecule has 0 spiro atoms. The minimum atomic E-state index is -1.41. The fourth-order valence-corrected chi connectivity index (χ4v) is 4.48. The van der Waals surface area contributed by atoms with Gasteiger partial charge in [0.15, 0.2) is 0 Å². The van der Waals surface area contributed by atoms with Gasteiger partial charge in [0.05, 0.1) is 19.8 Å². The second-order valence-electron chi connectivity index (χ2n) is 8.16. The number of hydrogen-bond acceptors (Lipinski definition) is 7. The summed E-state index contributed by atoms with van der Waals surface area (Å²) in [6.45, 7) is 4.66. The van der Waals surface area contributed by atoms with Crippen molar-refractivity contribution in [2.45, 2.75) is 57.2 Å². The van der Waals surface area contributed by atoms with Gasteiger partial charge in [0.25, 0.3) is 0 Å². The molecule has 2 heterocycles. The molecule has 31 heavy (non-hydrogen) atoms. The third-order valence-electron chi connectivity index (χ3n) is 6.20. The number of aliphatic hydroxyl groups is 4. The van der Waals surface area contributed by atoms with Crippen LogP contribution in [0.2, 0.25) is 0 Å². The number of fused-ring (bicyclic) bond motifs is 1. The summed E-state index contributed by atoms with van der Waals surface area (Å²) in [4.78, 5) is 0. The van der Waals surface area contributed by atoms with Crippen LogP contribution in [0.4, 0.5) is 0 Å². The molecule has 4 rings (SSSR count). The lowest BCUT2D eigenvalue weighted by Gasteiger charge is -2.41. The number of aliphatic hydroxyl groups excluding tert-OH is 4. The lowest BCUT2D eigenvalue weighted by molar-refractivity contribution is -0.231. The van der Waals surface area contributed by atoms with E-state index in [-0.39, 0.29) is 0 Å². The zero-order chi connectivity index (χ0) is 22.1. The maximum Gasteiger partial charge on any atom is 0.126 e. The highest BCUT2D eigenvalue weighted by atomic mass is 16.5. The summed E-state index contributed by atoms with van der Waals surface area (Å²) in [6, 6.07) is 9.91. The highest BCUT2D eigenvalue weighted by Gasteiger charge is 2.45. The van der Waals surface area contributed by atoms with Crippen LogP contribution in [0.3, 0.4) is 0 Å². The van der Waals surface area contributed by atoms with Crippen LogP contribution >= 0.6 is 0 Å². The quantitative estimate of drug-likeness (QED) is 0.549. The molecule has 2 aromatic carbocycles. The first kappa shape index (κ1) is 22.0. The Morgan fingerprint density at radius 1 is 1.06 bits per heavy atom. The van der Waals surface area contributed by atoms with Gasteiger partial charge in [-0.25, -0.2) is 0 Å². The first-order valence-corrected chi connectivity index (χ1v) is 10.7. The maximum atomic E-state index is 10.7. The Morgan fingerprint density at radius 2 is 1.81 bits per heavy atom. The molecule has 4 N–H and O–H groups in total. The van der Waals surface area contributed by atoms with E-state index in [4.69, 9.17) is 14.2 Å². The second kappa shape index (κ2) is 9.14. The molecular formula is C24H30O7. The van der Waals surface area contributed by atoms with Gasteiger partial charge in [0.2, 0.25) is 0 Å². The van der Waals surface area contributed by atoms with Gasteiger partial charge in [-0.1, -0.05) is 18.2 Å². The van der Waals surface area contributed by atoms with Gasteiger partial charge >= 0.3 is 0 Å². The molecule has 168 valence electrons. The molecule has 0 bridgehead atoms. The van der Waals surface area contributed by atoms with E-state index in [9.17, 15) is 20.4 Å². The third kappa shape index (κ3) is 4.16. The highest BCUT2D eigenvalue weighted by molar-refractivity contribution is 5.54. The Bertz CT molecular complexity index is 909. The number of benzene rings is 2. The normalized spacial score (nSPS) is 27.6. The summed E-state index contributed by atoms with van der Waals surface area (Å²) in [5.41, 5.74) is 4.84. The van der Waals surface area contributed by atoms with Crippen molar-refractivity contribution in [3.63, 3.8) is 0 Å². The van der Waals surface area contributed by atoms with Crippen LogP contribution in [0.15, 0.2) is 30.3 Å². The highest BCUT2D eigenvalue weighted by Crippen LogP contribution is 2.42. The van der Waals surface area contributed by atoms with E-state index in [1.54, 1.807) is 0 Å². The second-order valence-corrected chi connectivity index (χ2v) is 8.16. The van der Waals surface area contributed by atoms with Gasteiger partial charge in [-0.3, -0.25) is 0 Å². The predicted molar refractivity (Wildman–Crippen MR) is 114 cm³/mol. The van der Waals surface area contributed by atoms with Gasteiger partial charge < -0.3 is 34.6 Å². The lowest BCUT2D eigenvalue weighted by atomic mass is 9.85. The van der Waals surface area contributed by atoms with Gasteiger partial charge in [0, 0.05) is 12.0 Å². The summed E-state index contributed by atoms with van der Waals surface area (Å²) in [5.74, 6) is 1.61. The summed E-state index contributed by atoms with van der Waals surface area (Å²) >= 11 is 0. The van der Waals surface area contributed by atoms with Crippen molar-refractivity contribution in [1.82, 2.24) is 0 Å². The average molecular weight is 430 g/mol. The minimum Gasteiger partial charge on any atom is -0.494 e. The van der Waals surface area contributed by atoms with E-state index in [1.807, 2.05) is 44.2 Å². The Kier molecular flexibility index (Phi) is 6.50. The number of hydrogen-bond donors (Lipinski definition) is 4. The molecule has 2 aliphatic rings. The summed E-state index contributed by atoms with van der Waals surface area (Å²) in [7, 11) is 0. The van der Waals surface area contributed by atoms with Gasteiger partial charge in [0.1, 0.15) is 42.0 Å². The van der Waals surface area contributed by atoms with Crippen molar-refractivity contribution >= 4 is 0 Å². The summed E-state index contributed by atoms with van der Waals surface area (Å²) in [6.07, 6.45) is -4.60. The van der Waals surface area contributed by atoms with Gasteiger partial charge in [-0.05, 0) is 54.7 Å². The average Bonchev–Trinajstić information content (AvgIpc) is 3.27. The van der Waals surface area contributed by atoms with E-state index >= 15 is 0 Å². The third-order valence-corrected chi connectivity index (χ3v) is 6.20. The van der Waals surface area contributed by atoms with Gasteiger partial charge in [-0.2, -0.15) is 0 Å². The van der Waals surface area contributed by atoms with Crippen molar-refractivity contribution in [3.8, 4) is 11.5 Å². The topological polar surface area (TPSA) is 109 Å². The van der Waals surface area contributed by atoms with E-state index < -0.39 is 37.1 Å². The first-order chi connectivity index (χ1) is 14.9. The smallest absolute Gasteiger partial charge is 0.126 e. The molecule has 0 aliphatic carbocycles. The van der Waals surface area contributed by atoms with Crippen LogP contribution in [-0.2, 0) is 17.6 Å². The summed E-state index contributed by atoms with van der Waals surface area (Å²) < 4.78 is 17.3. The van der Waals surface area contributed by atoms with Crippen LogP contribution in [0.5, 0.6) is 11.5 Å². The summed E-state index contributed by atoms with van der Waals surface area (Å²) in [5, 5.41) is 40.6. The maximum absolute atomic E-state index is 10.7. The van der Waals surface area contributed by atoms with Crippen molar-refractivity contribution in [3.05, 3.63) is 58.1 Å². The standard InChI is InChI=1S/C24H30O7/c1-3-29-16-6-4-14(5-7-16)10-15-11-18(17-8-9-30-23(17)13(15)2)24-22(28)21(27)20(26)19(12-25)31-24/h4-7,11,19-22,24-28H,3,8-10,12H2,1-2H3/t19-,20-,21+,22-,24+/m1/s1. The van der Waals surface area contributed by atoms with Crippen LogP contribution in [0, 0.1) is 6.92 Å². The number of rotatable bonds is 6. The van der Waals surface area contributed by atoms with E-state index in [1.165, 1.54) is 0 Å². The first-order valence-electron chi connectivity index (χ1n) is 10.7. The molecule has 0 saturated carbocycles.